The van der Waals surface area contributed by atoms with E-state index in [1.165, 1.54) is 6.33 Å². The highest BCUT2D eigenvalue weighted by molar-refractivity contribution is 6.00. The van der Waals surface area contributed by atoms with E-state index in [9.17, 15) is 14.7 Å². The lowest BCUT2D eigenvalue weighted by Gasteiger charge is -2.22. The highest BCUT2D eigenvalue weighted by Gasteiger charge is 2.37. The molecule has 1 aromatic heterocycles. The Morgan fingerprint density at radius 1 is 1.33 bits per heavy atom. The van der Waals surface area contributed by atoms with E-state index in [0.29, 0.717) is 23.5 Å². The summed E-state index contributed by atoms with van der Waals surface area (Å²) in [7, 11) is 0. The standard InChI is InChI=1S/C15H11N3O3/c19-14-9-4-1-2-5-10(9)18-8-16-12(15(20)21)13(18)11-6-3-7-17(11)14/h1-6,8,11H,7H2,(H,20,21). The van der Waals surface area contributed by atoms with E-state index < -0.39 is 12.0 Å². The fourth-order valence-electron chi connectivity index (χ4n) is 2.99. The minimum atomic E-state index is -1.09. The zero-order chi connectivity index (χ0) is 14.6. The molecule has 21 heavy (non-hydrogen) atoms. The Labute approximate surface area is 119 Å². The minimum Gasteiger partial charge on any atom is -0.476 e. The summed E-state index contributed by atoms with van der Waals surface area (Å²) >= 11 is 0. The second-order valence-electron chi connectivity index (χ2n) is 5.00. The molecule has 2 aromatic rings. The van der Waals surface area contributed by atoms with Crippen molar-refractivity contribution in [3.05, 3.63) is 59.7 Å². The quantitative estimate of drug-likeness (QED) is 0.806. The van der Waals surface area contributed by atoms with Crippen LogP contribution in [0.1, 0.15) is 32.6 Å². The Hall–Kier alpha value is -2.89. The predicted octanol–water partition coefficient (Wildman–Crippen LogP) is 1.64. The molecule has 6 heteroatoms. The molecular weight excluding hydrogens is 270 g/mol. The first-order chi connectivity index (χ1) is 10.2. The van der Waals surface area contributed by atoms with Gasteiger partial charge >= 0.3 is 5.97 Å². The van der Waals surface area contributed by atoms with Crippen LogP contribution >= 0.6 is 0 Å². The van der Waals surface area contributed by atoms with Crippen LogP contribution in [0.4, 0.5) is 0 Å². The van der Waals surface area contributed by atoms with Crippen LogP contribution in [0, 0.1) is 0 Å². The lowest BCUT2D eigenvalue weighted by Crippen LogP contribution is -2.30. The summed E-state index contributed by atoms with van der Waals surface area (Å²) in [4.78, 5) is 29.8. The average molecular weight is 281 g/mol. The fourth-order valence-corrected chi connectivity index (χ4v) is 2.99. The number of fused-ring (bicyclic) bond motifs is 5. The van der Waals surface area contributed by atoms with E-state index in [1.54, 1.807) is 27.7 Å². The monoisotopic (exact) mass is 281 g/mol. The van der Waals surface area contributed by atoms with Gasteiger partial charge in [0.15, 0.2) is 5.69 Å². The molecule has 0 saturated carbocycles. The normalized spacial score (nSPS) is 19.0. The maximum absolute atomic E-state index is 12.7. The van der Waals surface area contributed by atoms with Crippen LogP contribution < -0.4 is 0 Å². The maximum Gasteiger partial charge on any atom is 0.356 e. The van der Waals surface area contributed by atoms with Gasteiger partial charge < -0.3 is 10.0 Å². The number of carboxylic acid groups (broad SMARTS) is 1. The van der Waals surface area contributed by atoms with Gasteiger partial charge in [0.25, 0.3) is 5.91 Å². The molecule has 104 valence electrons. The van der Waals surface area contributed by atoms with Crippen molar-refractivity contribution < 1.29 is 14.7 Å². The molecule has 2 aliphatic rings. The van der Waals surface area contributed by atoms with Gasteiger partial charge in [-0.25, -0.2) is 9.78 Å². The molecular formula is C15H11N3O3. The second kappa shape index (κ2) is 4.05. The summed E-state index contributed by atoms with van der Waals surface area (Å²) in [6.45, 7) is 0.474. The van der Waals surface area contributed by atoms with Crippen LogP contribution in [0.15, 0.2) is 42.7 Å². The molecule has 6 nitrogen and oxygen atoms in total. The molecule has 1 atom stereocenters. The summed E-state index contributed by atoms with van der Waals surface area (Å²) in [6, 6.07) is 6.79. The number of amides is 1. The van der Waals surface area contributed by atoms with E-state index in [2.05, 4.69) is 4.98 Å². The van der Waals surface area contributed by atoms with E-state index in [1.807, 2.05) is 18.2 Å². The fraction of sp³-hybridized carbons (Fsp3) is 0.133. The third-order valence-corrected chi connectivity index (χ3v) is 3.90. The number of benzene rings is 1. The largest absolute Gasteiger partial charge is 0.476 e. The van der Waals surface area contributed by atoms with E-state index in [0.717, 1.165) is 0 Å². The minimum absolute atomic E-state index is 0.0129. The SMILES string of the molecule is O=C(O)c1ncn2c1C1C=CCN1C(=O)c1ccccc1-2. The lowest BCUT2D eigenvalue weighted by molar-refractivity contribution is 0.0677. The van der Waals surface area contributed by atoms with Crippen LogP contribution in [-0.2, 0) is 0 Å². The van der Waals surface area contributed by atoms with Gasteiger partial charge in [0, 0.05) is 6.54 Å². The number of carbonyl (C=O) groups excluding carboxylic acids is 1. The first-order valence-electron chi connectivity index (χ1n) is 6.56. The summed E-state index contributed by atoms with van der Waals surface area (Å²) in [6.07, 6.45) is 5.20. The van der Waals surface area contributed by atoms with Gasteiger partial charge in [-0.1, -0.05) is 24.3 Å². The molecule has 0 bridgehead atoms. The molecule has 0 radical (unpaired) electrons. The topological polar surface area (TPSA) is 75.4 Å². The molecule has 0 spiro atoms. The highest BCUT2D eigenvalue weighted by atomic mass is 16.4. The van der Waals surface area contributed by atoms with Crippen LogP contribution in [0.2, 0.25) is 0 Å². The molecule has 4 rings (SSSR count). The van der Waals surface area contributed by atoms with Gasteiger partial charge in [-0.15, -0.1) is 0 Å². The van der Waals surface area contributed by atoms with Crippen molar-refractivity contribution in [1.82, 2.24) is 14.5 Å². The van der Waals surface area contributed by atoms with Crippen LogP contribution in [-0.4, -0.2) is 38.0 Å². The number of imidazole rings is 1. The molecule has 3 heterocycles. The first kappa shape index (κ1) is 11.9. The van der Waals surface area contributed by atoms with E-state index in [4.69, 9.17) is 0 Å². The third kappa shape index (κ3) is 1.50. The van der Waals surface area contributed by atoms with Crippen molar-refractivity contribution in [2.24, 2.45) is 0 Å². The number of rotatable bonds is 1. The molecule has 0 saturated heterocycles. The number of aromatic carboxylic acids is 1. The number of nitrogens with zero attached hydrogens (tertiary/aromatic N) is 3. The Morgan fingerprint density at radius 2 is 2.14 bits per heavy atom. The summed E-state index contributed by atoms with van der Waals surface area (Å²) in [5, 5.41) is 9.35. The van der Waals surface area contributed by atoms with Crippen molar-refractivity contribution in [3.63, 3.8) is 0 Å². The van der Waals surface area contributed by atoms with Crippen LogP contribution in [0.25, 0.3) is 5.69 Å². The van der Waals surface area contributed by atoms with Gasteiger partial charge in [0.1, 0.15) is 6.33 Å². The molecule has 1 unspecified atom stereocenters. The highest BCUT2D eigenvalue weighted by Crippen LogP contribution is 2.36. The number of aromatic nitrogens is 2. The van der Waals surface area contributed by atoms with E-state index in [-0.39, 0.29) is 11.6 Å². The number of hydrogen-bond donors (Lipinski definition) is 1. The van der Waals surface area contributed by atoms with Gasteiger partial charge in [-0.05, 0) is 12.1 Å². The third-order valence-electron chi connectivity index (χ3n) is 3.90. The first-order valence-corrected chi connectivity index (χ1v) is 6.56. The molecule has 2 aliphatic heterocycles. The predicted molar refractivity (Wildman–Crippen MR) is 73.4 cm³/mol. The van der Waals surface area contributed by atoms with Gasteiger partial charge in [-0.3, -0.25) is 9.36 Å². The zero-order valence-electron chi connectivity index (χ0n) is 10.9. The summed E-state index contributed by atoms with van der Waals surface area (Å²) in [5.74, 6) is -1.18. The number of para-hydroxylation sites is 1. The molecule has 1 aromatic carbocycles. The van der Waals surface area contributed by atoms with E-state index >= 15 is 0 Å². The van der Waals surface area contributed by atoms with Gasteiger partial charge in [0.05, 0.1) is 23.0 Å². The molecule has 1 N–H and O–H groups in total. The Balaban J connectivity index is 2.07. The Bertz CT molecular complexity index is 806. The lowest BCUT2D eigenvalue weighted by atomic mass is 10.1. The smallest absolute Gasteiger partial charge is 0.356 e. The number of hydrogen-bond acceptors (Lipinski definition) is 3. The van der Waals surface area contributed by atoms with Crippen molar-refractivity contribution in [2.75, 3.05) is 6.54 Å². The van der Waals surface area contributed by atoms with Crippen molar-refractivity contribution >= 4 is 11.9 Å². The van der Waals surface area contributed by atoms with Gasteiger partial charge in [-0.2, -0.15) is 0 Å². The summed E-state index contributed by atoms with van der Waals surface area (Å²) in [5.41, 5.74) is 1.73. The Morgan fingerprint density at radius 3 is 2.95 bits per heavy atom. The zero-order valence-corrected chi connectivity index (χ0v) is 10.9. The second-order valence-corrected chi connectivity index (χ2v) is 5.00. The van der Waals surface area contributed by atoms with Crippen LogP contribution in [0.5, 0.6) is 0 Å². The Kier molecular flexibility index (Phi) is 2.29. The number of carbonyl (C=O) groups is 2. The molecule has 1 amide bonds. The van der Waals surface area contributed by atoms with Gasteiger partial charge in [0.2, 0.25) is 0 Å². The van der Waals surface area contributed by atoms with Crippen molar-refractivity contribution in [3.8, 4) is 5.69 Å². The van der Waals surface area contributed by atoms with Crippen LogP contribution in [0.3, 0.4) is 0 Å². The molecule has 0 aliphatic carbocycles. The maximum atomic E-state index is 12.7. The summed E-state index contributed by atoms with van der Waals surface area (Å²) < 4.78 is 1.71. The van der Waals surface area contributed by atoms with Crippen molar-refractivity contribution in [1.29, 1.82) is 0 Å². The number of carboxylic acids is 1. The average Bonchev–Trinajstić information content (AvgIpc) is 3.10. The molecule has 0 fully saturated rings. The van der Waals surface area contributed by atoms with Crippen molar-refractivity contribution in [2.45, 2.75) is 6.04 Å².